The molecule has 0 aliphatic heterocycles. The van der Waals surface area contributed by atoms with E-state index in [2.05, 4.69) is 0 Å². The molecule has 2 N–H and O–H groups in total. The van der Waals surface area contributed by atoms with E-state index in [0.717, 1.165) is 19.3 Å². The van der Waals surface area contributed by atoms with Crippen molar-refractivity contribution in [1.29, 1.82) is 0 Å². The van der Waals surface area contributed by atoms with Gasteiger partial charge in [-0.3, -0.25) is 4.79 Å². The highest BCUT2D eigenvalue weighted by atomic mass is 19.1. The molecule has 1 aliphatic rings. The zero-order valence-electron chi connectivity index (χ0n) is 12.9. The number of nitrogens with two attached hydrogens (primary N) is 1. The molecule has 0 heterocycles. The van der Waals surface area contributed by atoms with E-state index in [0.29, 0.717) is 18.5 Å². The molecule has 2 atom stereocenters. The molecule has 0 spiro atoms. The first-order valence-electron chi connectivity index (χ1n) is 7.77. The van der Waals surface area contributed by atoms with E-state index >= 15 is 0 Å². The third kappa shape index (κ3) is 4.03. The van der Waals surface area contributed by atoms with Crippen molar-refractivity contribution in [3.05, 3.63) is 35.6 Å². The van der Waals surface area contributed by atoms with Crippen LogP contribution in [0, 0.1) is 11.7 Å². The van der Waals surface area contributed by atoms with Crippen LogP contribution in [0.1, 0.15) is 45.1 Å². The Balaban J connectivity index is 2.04. The van der Waals surface area contributed by atoms with E-state index in [1.165, 1.54) is 6.07 Å². The van der Waals surface area contributed by atoms with Crippen molar-refractivity contribution in [2.45, 2.75) is 58.2 Å². The molecule has 0 saturated heterocycles. The minimum absolute atomic E-state index is 0.0507. The lowest BCUT2D eigenvalue weighted by molar-refractivity contribution is -0.134. The molecule has 1 fully saturated rings. The van der Waals surface area contributed by atoms with Crippen molar-refractivity contribution in [3.8, 4) is 0 Å². The van der Waals surface area contributed by atoms with Gasteiger partial charge in [-0.05, 0) is 38.7 Å². The summed E-state index contributed by atoms with van der Waals surface area (Å²) in [6.45, 7) is 4.26. The lowest BCUT2D eigenvalue weighted by Gasteiger charge is -2.29. The van der Waals surface area contributed by atoms with Gasteiger partial charge in [-0.1, -0.05) is 24.6 Å². The molecule has 0 unspecified atom stereocenters. The quantitative estimate of drug-likeness (QED) is 0.906. The van der Waals surface area contributed by atoms with Crippen LogP contribution < -0.4 is 5.73 Å². The van der Waals surface area contributed by atoms with Gasteiger partial charge in [0.05, 0.1) is 0 Å². The van der Waals surface area contributed by atoms with Gasteiger partial charge in [0, 0.05) is 30.6 Å². The molecule has 1 aliphatic carbocycles. The van der Waals surface area contributed by atoms with Crippen LogP contribution in [0.15, 0.2) is 24.3 Å². The number of hydrogen-bond acceptors (Lipinski definition) is 2. The summed E-state index contributed by atoms with van der Waals surface area (Å²) in [5, 5.41) is 0. The average Bonchev–Trinajstić information content (AvgIpc) is 2.82. The first-order valence-corrected chi connectivity index (χ1v) is 7.77. The molecule has 1 aromatic rings. The topological polar surface area (TPSA) is 46.3 Å². The molecule has 0 bridgehead atoms. The number of benzene rings is 1. The molecule has 0 radical (unpaired) electrons. The van der Waals surface area contributed by atoms with E-state index in [1.807, 2.05) is 13.8 Å². The molecule has 1 amide bonds. The number of rotatable bonds is 5. The third-order valence-electron chi connectivity index (χ3n) is 4.40. The Morgan fingerprint density at radius 1 is 1.38 bits per heavy atom. The molecular weight excluding hydrogens is 267 g/mol. The molecule has 0 aromatic heterocycles. The van der Waals surface area contributed by atoms with Gasteiger partial charge >= 0.3 is 0 Å². The molecule has 21 heavy (non-hydrogen) atoms. The van der Waals surface area contributed by atoms with Crippen LogP contribution in [0.4, 0.5) is 4.39 Å². The Labute approximate surface area is 126 Å². The first kappa shape index (κ1) is 16.0. The van der Waals surface area contributed by atoms with Crippen molar-refractivity contribution in [2.24, 2.45) is 11.7 Å². The predicted octanol–water partition coefficient (Wildman–Crippen LogP) is 3.08. The Morgan fingerprint density at radius 2 is 2.10 bits per heavy atom. The Kier molecular flexibility index (Phi) is 5.34. The highest BCUT2D eigenvalue weighted by molar-refractivity contribution is 5.76. The molecule has 3 nitrogen and oxygen atoms in total. The molecule has 4 heteroatoms. The smallest absolute Gasteiger partial charge is 0.223 e. The normalized spacial score (nSPS) is 21.8. The van der Waals surface area contributed by atoms with Crippen LogP contribution in [0.5, 0.6) is 0 Å². The fourth-order valence-electron chi connectivity index (χ4n) is 3.03. The van der Waals surface area contributed by atoms with Crippen LogP contribution in [0.25, 0.3) is 0 Å². The highest BCUT2D eigenvalue weighted by Gasteiger charge is 2.29. The number of carbonyl (C=O) groups excluding carboxylic acids is 1. The summed E-state index contributed by atoms with van der Waals surface area (Å²) < 4.78 is 13.8. The summed E-state index contributed by atoms with van der Waals surface area (Å²) >= 11 is 0. The number of carbonyl (C=O) groups is 1. The van der Waals surface area contributed by atoms with Gasteiger partial charge in [0.15, 0.2) is 0 Å². The predicted molar refractivity (Wildman–Crippen MR) is 82.0 cm³/mol. The van der Waals surface area contributed by atoms with Crippen molar-refractivity contribution in [2.75, 3.05) is 0 Å². The zero-order valence-corrected chi connectivity index (χ0v) is 12.9. The molecule has 1 aromatic carbocycles. The van der Waals surface area contributed by atoms with E-state index in [1.54, 1.807) is 23.1 Å². The first-order chi connectivity index (χ1) is 9.99. The second-order valence-electron chi connectivity index (χ2n) is 6.27. The average molecular weight is 292 g/mol. The minimum atomic E-state index is -0.256. The maximum atomic E-state index is 13.8. The van der Waals surface area contributed by atoms with Gasteiger partial charge in [-0.2, -0.15) is 0 Å². The Bertz CT molecular complexity index is 489. The lowest BCUT2D eigenvalue weighted by Crippen LogP contribution is -2.39. The summed E-state index contributed by atoms with van der Waals surface area (Å²) in [6, 6.07) is 6.82. The van der Waals surface area contributed by atoms with E-state index in [-0.39, 0.29) is 29.7 Å². The van der Waals surface area contributed by atoms with E-state index < -0.39 is 0 Å². The second kappa shape index (κ2) is 7.03. The van der Waals surface area contributed by atoms with Crippen molar-refractivity contribution < 1.29 is 9.18 Å². The summed E-state index contributed by atoms with van der Waals surface area (Å²) in [5.41, 5.74) is 6.61. The van der Waals surface area contributed by atoms with Gasteiger partial charge in [-0.15, -0.1) is 0 Å². The number of hydrogen-bond donors (Lipinski definition) is 1. The monoisotopic (exact) mass is 292 g/mol. The van der Waals surface area contributed by atoms with Gasteiger partial charge in [0.25, 0.3) is 0 Å². The van der Waals surface area contributed by atoms with Crippen LogP contribution in [-0.2, 0) is 11.3 Å². The van der Waals surface area contributed by atoms with E-state index in [9.17, 15) is 9.18 Å². The third-order valence-corrected chi connectivity index (χ3v) is 4.40. The number of halogens is 1. The van der Waals surface area contributed by atoms with E-state index in [4.69, 9.17) is 5.73 Å². The van der Waals surface area contributed by atoms with Crippen molar-refractivity contribution in [1.82, 2.24) is 4.90 Å². The van der Waals surface area contributed by atoms with Crippen molar-refractivity contribution >= 4 is 5.91 Å². The Morgan fingerprint density at radius 3 is 2.67 bits per heavy atom. The van der Waals surface area contributed by atoms with Crippen LogP contribution in [0.3, 0.4) is 0 Å². The Hall–Kier alpha value is -1.42. The summed E-state index contributed by atoms with van der Waals surface area (Å²) in [7, 11) is 0. The largest absolute Gasteiger partial charge is 0.336 e. The fourth-order valence-corrected chi connectivity index (χ4v) is 3.03. The van der Waals surface area contributed by atoms with Gasteiger partial charge < -0.3 is 10.6 Å². The van der Waals surface area contributed by atoms with Crippen LogP contribution >= 0.6 is 0 Å². The maximum Gasteiger partial charge on any atom is 0.223 e. The number of amides is 1. The summed E-state index contributed by atoms with van der Waals surface area (Å²) in [4.78, 5) is 14.3. The molecule has 1 saturated carbocycles. The minimum Gasteiger partial charge on any atom is -0.336 e. The maximum absolute atomic E-state index is 13.8. The molecular formula is C17H25FN2O. The van der Waals surface area contributed by atoms with Crippen LogP contribution in [0.2, 0.25) is 0 Å². The summed E-state index contributed by atoms with van der Waals surface area (Å²) in [6.07, 6.45) is 3.62. The van der Waals surface area contributed by atoms with Crippen molar-refractivity contribution in [3.63, 3.8) is 0 Å². The standard InChI is InChI=1S/C17H25FN2O/c1-12(2)20(11-14-6-3-4-8-15(14)18)17(21)10-13-7-5-9-16(13)19/h3-4,6,8,12-13,16H,5,7,9-11,19H2,1-2H3/t13-,16+/m0/s1. The van der Waals surface area contributed by atoms with Gasteiger partial charge in [-0.25, -0.2) is 4.39 Å². The van der Waals surface area contributed by atoms with Gasteiger partial charge in [0.1, 0.15) is 5.82 Å². The second-order valence-corrected chi connectivity index (χ2v) is 6.27. The fraction of sp³-hybridized carbons (Fsp3) is 0.588. The zero-order chi connectivity index (χ0) is 15.4. The lowest BCUT2D eigenvalue weighted by atomic mass is 9.99. The summed E-state index contributed by atoms with van der Waals surface area (Å²) in [5.74, 6) is 0.100. The van der Waals surface area contributed by atoms with Crippen LogP contribution in [-0.4, -0.2) is 22.9 Å². The van der Waals surface area contributed by atoms with Gasteiger partial charge in [0.2, 0.25) is 5.91 Å². The SMILES string of the molecule is CC(C)N(Cc1ccccc1F)C(=O)C[C@@H]1CCC[C@H]1N. The number of nitrogens with zero attached hydrogens (tertiary/aromatic N) is 1. The molecule has 2 rings (SSSR count). The molecule has 116 valence electrons. The highest BCUT2D eigenvalue weighted by Crippen LogP contribution is 2.28.